The molecule has 0 radical (unpaired) electrons. The highest BCUT2D eigenvalue weighted by atomic mass is 16.5. The molecule has 0 aliphatic carbocycles. The average molecular weight is 249 g/mol. The molecule has 100 valence electrons. The van der Waals surface area contributed by atoms with Gasteiger partial charge in [0.15, 0.2) is 11.6 Å². The van der Waals surface area contributed by atoms with E-state index in [4.69, 9.17) is 10.5 Å². The zero-order chi connectivity index (χ0) is 13.0. The number of pyridine rings is 1. The summed E-state index contributed by atoms with van der Waals surface area (Å²) in [5.41, 5.74) is 5.97. The van der Waals surface area contributed by atoms with E-state index >= 15 is 0 Å². The second kappa shape index (κ2) is 6.05. The first-order valence-electron chi connectivity index (χ1n) is 6.80. The summed E-state index contributed by atoms with van der Waals surface area (Å²) in [6.45, 7) is 6.81. The first kappa shape index (κ1) is 13.1. The Balaban J connectivity index is 2.05. The number of nitrogens with zero attached hydrogens (tertiary/aromatic N) is 2. The molecule has 1 aromatic rings. The number of ether oxygens (including phenoxy) is 1. The smallest absolute Gasteiger partial charge is 0.171 e. The van der Waals surface area contributed by atoms with E-state index in [1.807, 2.05) is 25.3 Å². The zero-order valence-electron chi connectivity index (χ0n) is 11.3. The third-order valence-corrected chi connectivity index (χ3v) is 3.63. The molecule has 1 unspecified atom stereocenters. The van der Waals surface area contributed by atoms with Crippen molar-refractivity contribution in [2.75, 3.05) is 24.6 Å². The summed E-state index contributed by atoms with van der Waals surface area (Å²) in [4.78, 5) is 6.77. The van der Waals surface area contributed by atoms with Crippen molar-refractivity contribution >= 4 is 5.82 Å². The molecule has 1 aromatic heterocycles. The van der Waals surface area contributed by atoms with Gasteiger partial charge in [-0.2, -0.15) is 0 Å². The molecule has 0 spiro atoms. The molecule has 1 aliphatic rings. The molecule has 2 heterocycles. The van der Waals surface area contributed by atoms with Crippen molar-refractivity contribution < 1.29 is 4.74 Å². The predicted molar refractivity (Wildman–Crippen MR) is 74.0 cm³/mol. The van der Waals surface area contributed by atoms with Crippen molar-refractivity contribution in [1.82, 2.24) is 4.98 Å². The van der Waals surface area contributed by atoms with Crippen LogP contribution in [-0.2, 0) is 0 Å². The van der Waals surface area contributed by atoms with Crippen molar-refractivity contribution in [2.24, 2.45) is 11.7 Å². The van der Waals surface area contributed by atoms with Crippen LogP contribution in [-0.4, -0.2) is 30.7 Å². The molecular weight excluding hydrogens is 226 g/mol. The number of rotatable bonds is 4. The normalized spacial score (nSPS) is 18.7. The number of anilines is 1. The lowest BCUT2D eigenvalue weighted by Gasteiger charge is -2.35. The second-order valence-corrected chi connectivity index (χ2v) is 4.94. The van der Waals surface area contributed by atoms with Crippen LogP contribution >= 0.6 is 0 Å². The maximum Gasteiger partial charge on any atom is 0.171 e. The lowest BCUT2D eigenvalue weighted by atomic mass is 9.91. The van der Waals surface area contributed by atoms with Crippen molar-refractivity contribution in [3.8, 4) is 5.75 Å². The van der Waals surface area contributed by atoms with Gasteiger partial charge in [0.05, 0.1) is 6.61 Å². The molecule has 4 nitrogen and oxygen atoms in total. The van der Waals surface area contributed by atoms with E-state index in [2.05, 4.69) is 16.8 Å². The monoisotopic (exact) mass is 249 g/mol. The van der Waals surface area contributed by atoms with E-state index < -0.39 is 0 Å². The standard InChI is InChI=1S/C14H23N3O/c1-3-18-13-5-4-8-16-14(13)17-9-6-12(7-10-17)11(2)15/h4-5,8,11-12H,3,6-7,9-10,15H2,1-2H3. The molecule has 1 saturated heterocycles. The Labute approximate surface area is 109 Å². The topological polar surface area (TPSA) is 51.4 Å². The summed E-state index contributed by atoms with van der Waals surface area (Å²) in [7, 11) is 0. The van der Waals surface area contributed by atoms with Crippen molar-refractivity contribution in [2.45, 2.75) is 32.7 Å². The number of piperidine rings is 1. The minimum absolute atomic E-state index is 0.294. The summed E-state index contributed by atoms with van der Waals surface area (Å²) >= 11 is 0. The van der Waals surface area contributed by atoms with Crippen LogP contribution in [0.15, 0.2) is 18.3 Å². The van der Waals surface area contributed by atoms with Crippen molar-refractivity contribution in [3.05, 3.63) is 18.3 Å². The molecule has 0 bridgehead atoms. The van der Waals surface area contributed by atoms with E-state index in [1.165, 1.54) is 0 Å². The Morgan fingerprint density at radius 1 is 1.50 bits per heavy atom. The first-order chi connectivity index (χ1) is 8.72. The Morgan fingerprint density at radius 2 is 2.22 bits per heavy atom. The average Bonchev–Trinajstić information content (AvgIpc) is 2.40. The highest BCUT2D eigenvalue weighted by Crippen LogP contribution is 2.29. The third kappa shape index (κ3) is 2.93. The summed E-state index contributed by atoms with van der Waals surface area (Å²) in [6, 6.07) is 4.20. The van der Waals surface area contributed by atoms with Crippen LogP contribution in [0.2, 0.25) is 0 Å². The lowest BCUT2D eigenvalue weighted by molar-refractivity contribution is 0.330. The minimum atomic E-state index is 0.294. The molecule has 2 N–H and O–H groups in total. The molecule has 1 aliphatic heterocycles. The Morgan fingerprint density at radius 3 is 2.83 bits per heavy atom. The minimum Gasteiger partial charge on any atom is -0.490 e. The number of hydrogen-bond acceptors (Lipinski definition) is 4. The number of hydrogen-bond donors (Lipinski definition) is 1. The van der Waals surface area contributed by atoms with Crippen LogP contribution in [0, 0.1) is 5.92 Å². The van der Waals surface area contributed by atoms with Gasteiger partial charge in [-0.1, -0.05) is 0 Å². The summed E-state index contributed by atoms with van der Waals surface area (Å²) in [5, 5.41) is 0. The van der Waals surface area contributed by atoms with Gasteiger partial charge in [0.2, 0.25) is 0 Å². The summed E-state index contributed by atoms with van der Waals surface area (Å²) < 4.78 is 5.64. The molecule has 0 saturated carbocycles. The highest BCUT2D eigenvalue weighted by Gasteiger charge is 2.24. The first-order valence-corrected chi connectivity index (χ1v) is 6.80. The molecular formula is C14H23N3O. The molecule has 1 atom stereocenters. The van der Waals surface area contributed by atoms with Crippen LogP contribution in [0.1, 0.15) is 26.7 Å². The van der Waals surface area contributed by atoms with Crippen LogP contribution < -0.4 is 15.4 Å². The molecule has 1 fully saturated rings. The highest BCUT2D eigenvalue weighted by molar-refractivity contribution is 5.52. The van der Waals surface area contributed by atoms with E-state index in [0.717, 1.165) is 37.5 Å². The lowest BCUT2D eigenvalue weighted by Crippen LogP contribution is -2.40. The van der Waals surface area contributed by atoms with Gasteiger partial charge >= 0.3 is 0 Å². The van der Waals surface area contributed by atoms with E-state index in [-0.39, 0.29) is 0 Å². The molecule has 18 heavy (non-hydrogen) atoms. The molecule has 0 amide bonds. The molecule has 4 heteroatoms. The van der Waals surface area contributed by atoms with Gasteiger partial charge in [0.25, 0.3) is 0 Å². The fourth-order valence-corrected chi connectivity index (χ4v) is 2.52. The summed E-state index contributed by atoms with van der Waals surface area (Å²) in [6.07, 6.45) is 4.11. The Kier molecular flexibility index (Phi) is 4.42. The maximum atomic E-state index is 5.97. The van der Waals surface area contributed by atoms with E-state index in [9.17, 15) is 0 Å². The zero-order valence-corrected chi connectivity index (χ0v) is 11.3. The van der Waals surface area contributed by atoms with Gasteiger partial charge in [-0.25, -0.2) is 4.98 Å². The molecule has 0 aromatic carbocycles. The van der Waals surface area contributed by atoms with Crippen LogP contribution in [0.25, 0.3) is 0 Å². The SMILES string of the molecule is CCOc1cccnc1N1CCC(C(C)N)CC1. The third-order valence-electron chi connectivity index (χ3n) is 3.63. The van der Waals surface area contributed by atoms with Gasteiger partial charge in [0.1, 0.15) is 0 Å². The number of aromatic nitrogens is 1. The van der Waals surface area contributed by atoms with Gasteiger partial charge < -0.3 is 15.4 Å². The largest absolute Gasteiger partial charge is 0.490 e. The van der Waals surface area contributed by atoms with Gasteiger partial charge in [-0.3, -0.25) is 0 Å². The predicted octanol–water partition coefficient (Wildman–Crippen LogP) is 2.04. The van der Waals surface area contributed by atoms with Gasteiger partial charge in [-0.15, -0.1) is 0 Å². The van der Waals surface area contributed by atoms with Gasteiger partial charge in [-0.05, 0) is 44.7 Å². The molecule has 2 rings (SSSR count). The van der Waals surface area contributed by atoms with Gasteiger partial charge in [0, 0.05) is 25.3 Å². The van der Waals surface area contributed by atoms with Crippen molar-refractivity contribution in [3.63, 3.8) is 0 Å². The van der Waals surface area contributed by atoms with E-state index in [0.29, 0.717) is 18.6 Å². The van der Waals surface area contributed by atoms with Crippen LogP contribution in [0.5, 0.6) is 5.75 Å². The fraction of sp³-hybridized carbons (Fsp3) is 0.643. The van der Waals surface area contributed by atoms with Crippen molar-refractivity contribution in [1.29, 1.82) is 0 Å². The number of nitrogens with two attached hydrogens (primary N) is 1. The summed E-state index contributed by atoms with van der Waals surface area (Å²) in [5.74, 6) is 2.50. The van der Waals surface area contributed by atoms with Crippen LogP contribution in [0.4, 0.5) is 5.82 Å². The quantitative estimate of drug-likeness (QED) is 0.887. The fourth-order valence-electron chi connectivity index (χ4n) is 2.52. The van der Waals surface area contributed by atoms with E-state index in [1.54, 1.807) is 0 Å². The van der Waals surface area contributed by atoms with Crippen LogP contribution in [0.3, 0.4) is 0 Å². The Hall–Kier alpha value is -1.29. The maximum absolute atomic E-state index is 5.97. The Bertz CT molecular complexity index is 373. The second-order valence-electron chi connectivity index (χ2n) is 4.94.